The lowest BCUT2D eigenvalue weighted by atomic mass is 10.3. The van der Waals surface area contributed by atoms with Crippen LogP contribution in [0.25, 0.3) is 0 Å². The Balaban J connectivity index is 2.43. The third-order valence-corrected chi connectivity index (χ3v) is 8.47. The summed E-state index contributed by atoms with van der Waals surface area (Å²) in [6.07, 6.45) is 0.258. The molecule has 0 bridgehead atoms. The van der Waals surface area contributed by atoms with E-state index in [4.69, 9.17) is 0 Å². The molecular formula is C10H18Br2N4O5S2. The van der Waals surface area contributed by atoms with Crippen LogP contribution in [0.5, 0.6) is 0 Å². The van der Waals surface area contributed by atoms with Gasteiger partial charge in [-0.3, -0.25) is 0 Å². The molecule has 1 N–H and O–H groups in total. The molecule has 0 aromatic rings. The van der Waals surface area contributed by atoms with Gasteiger partial charge in [0, 0.05) is 29.8 Å². The number of nitrogens with zero attached hydrogens (tertiary/aromatic N) is 3. The van der Waals surface area contributed by atoms with Gasteiger partial charge in [0.15, 0.2) is 0 Å². The second-order valence-electron chi connectivity index (χ2n) is 5.46. The van der Waals surface area contributed by atoms with Crippen LogP contribution in [-0.2, 0) is 20.0 Å². The molecule has 134 valence electrons. The number of hydrogen-bond donors (Lipinski definition) is 1. The first-order chi connectivity index (χ1) is 10.5. The first-order valence-corrected chi connectivity index (χ1v) is 12.4. The minimum absolute atomic E-state index is 0.000203. The summed E-state index contributed by atoms with van der Waals surface area (Å²) in [5.41, 5.74) is 0. The van der Waals surface area contributed by atoms with Crippen LogP contribution in [0.2, 0.25) is 0 Å². The van der Waals surface area contributed by atoms with E-state index in [9.17, 15) is 21.6 Å². The van der Waals surface area contributed by atoms with Crippen LogP contribution < -0.4 is 5.32 Å². The molecule has 13 heteroatoms. The number of carbonyl (C=O) groups excluding carboxylic acids is 1. The maximum absolute atomic E-state index is 12.3. The molecule has 2 saturated heterocycles. The number of amides is 2. The Labute approximate surface area is 152 Å². The number of nitrogens with one attached hydrogen (secondary N) is 1. The molecular weight excluding hydrogens is 480 g/mol. The first kappa shape index (κ1) is 19.4. The van der Waals surface area contributed by atoms with Crippen LogP contribution in [0, 0.1) is 0 Å². The Morgan fingerprint density at radius 2 is 1.70 bits per heavy atom. The summed E-state index contributed by atoms with van der Waals surface area (Å²) >= 11 is 6.67. The van der Waals surface area contributed by atoms with Crippen molar-refractivity contribution in [3.63, 3.8) is 0 Å². The van der Waals surface area contributed by atoms with Gasteiger partial charge in [0.05, 0.1) is 12.5 Å². The highest BCUT2D eigenvalue weighted by atomic mass is 79.9. The molecule has 3 atom stereocenters. The monoisotopic (exact) mass is 496 g/mol. The van der Waals surface area contributed by atoms with Gasteiger partial charge in [-0.2, -0.15) is 8.61 Å². The average molecular weight is 498 g/mol. The molecule has 0 aliphatic carbocycles. The number of fused-ring (bicyclic) bond motifs is 1. The van der Waals surface area contributed by atoms with Crippen molar-refractivity contribution >= 4 is 57.9 Å². The lowest BCUT2D eigenvalue weighted by Gasteiger charge is -2.43. The summed E-state index contributed by atoms with van der Waals surface area (Å²) in [6, 6.07) is -0.491. The Hall–Kier alpha value is 0.0500. The molecule has 2 aliphatic rings. The van der Waals surface area contributed by atoms with E-state index in [0.717, 1.165) is 16.8 Å². The first-order valence-electron chi connectivity index (χ1n) is 6.67. The van der Waals surface area contributed by atoms with E-state index in [-0.39, 0.29) is 24.5 Å². The van der Waals surface area contributed by atoms with Gasteiger partial charge in [0.1, 0.15) is 12.3 Å². The summed E-state index contributed by atoms with van der Waals surface area (Å²) in [6.45, 7) is 0.235. The van der Waals surface area contributed by atoms with Crippen molar-refractivity contribution < 1.29 is 21.6 Å². The number of halogens is 2. The van der Waals surface area contributed by atoms with Gasteiger partial charge in [-0.15, -0.1) is 0 Å². The summed E-state index contributed by atoms with van der Waals surface area (Å²) in [7, 11) is -7.18. The predicted molar refractivity (Wildman–Crippen MR) is 92.4 cm³/mol. The smallest absolute Gasteiger partial charge is 0.318 e. The number of alkyl halides is 2. The molecule has 0 saturated carbocycles. The van der Waals surface area contributed by atoms with E-state index < -0.39 is 38.4 Å². The fourth-order valence-electron chi connectivity index (χ4n) is 2.76. The van der Waals surface area contributed by atoms with Crippen molar-refractivity contribution in [1.29, 1.82) is 0 Å². The van der Waals surface area contributed by atoms with Gasteiger partial charge in [-0.05, 0) is 0 Å². The predicted octanol–water partition coefficient (Wildman–Crippen LogP) is -0.641. The number of carbonyl (C=O) groups is 1. The van der Waals surface area contributed by atoms with Crippen molar-refractivity contribution in [3.05, 3.63) is 0 Å². The number of sulfonamides is 2. The van der Waals surface area contributed by atoms with E-state index >= 15 is 0 Å². The summed E-state index contributed by atoms with van der Waals surface area (Å²) in [5, 5.41) is 3.14. The topological polar surface area (TPSA) is 107 Å². The van der Waals surface area contributed by atoms with Crippen LogP contribution in [0.4, 0.5) is 4.79 Å². The van der Waals surface area contributed by atoms with Crippen LogP contribution in [-0.4, -0.2) is 91.0 Å². The third kappa shape index (κ3) is 4.00. The summed E-state index contributed by atoms with van der Waals surface area (Å²) in [5.74, 6) is 0. The minimum atomic E-state index is -3.60. The third-order valence-electron chi connectivity index (χ3n) is 3.69. The fraction of sp³-hybridized carbons (Fsp3) is 0.900. The molecule has 2 rings (SSSR count). The standard InChI is InChI=1S/C10H18Br2N4O5S2/c1-22(18,19)15-3-4-16(23(2,20)21)9-8(15)13-10(17)14(9)6-7(12)5-11/h7-9H,3-6H2,1-2H3,(H,13,17). The molecule has 2 amide bonds. The van der Waals surface area contributed by atoms with Crippen molar-refractivity contribution in [1.82, 2.24) is 18.8 Å². The van der Waals surface area contributed by atoms with Crippen LogP contribution in [0.3, 0.4) is 0 Å². The summed E-state index contributed by atoms with van der Waals surface area (Å²) in [4.78, 5) is 13.5. The zero-order chi connectivity index (χ0) is 17.6. The Bertz CT molecular complexity index is 685. The van der Waals surface area contributed by atoms with Gasteiger partial charge in [0.25, 0.3) is 0 Å². The van der Waals surface area contributed by atoms with Gasteiger partial charge >= 0.3 is 6.03 Å². The minimum Gasteiger partial charge on any atom is -0.318 e. The Morgan fingerprint density at radius 1 is 1.17 bits per heavy atom. The molecule has 9 nitrogen and oxygen atoms in total. The van der Waals surface area contributed by atoms with Crippen LogP contribution >= 0.6 is 31.9 Å². The molecule has 2 heterocycles. The second kappa shape index (κ2) is 6.75. The zero-order valence-corrected chi connectivity index (χ0v) is 17.3. The highest BCUT2D eigenvalue weighted by Crippen LogP contribution is 2.29. The highest BCUT2D eigenvalue weighted by Gasteiger charge is 2.53. The van der Waals surface area contributed by atoms with Gasteiger partial charge in [-0.25, -0.2) is 21.6 Å². The van der Waals surface area contributed by atoms with Crippen molar-refractivity contribution in [3.8, 4) is 0 Å². The van der Waals surface area contributed by atoms with E-state index in [1.54, 1.807) is 0 Å². The number of rotatable bonds is 5. The second-order valence-corrected chi connectivity index (χ2v) is 11.3. The fourth-order valence-corrected chi connectivity index (χ4v) is 5.30. The number of piperazine rings is 1. The number of urea groups is 1. The van der Waals surface area contributed by atoms with Crippen LogP contribution in [0.1, 0.15) is 0 Å². The largest absolute Gasteiger partial charge is 0.320 e. The van der Waals surface area contributed by atoms with E-state index in [1.807, 2.05) is 0 Å². The van der Waals surface area contributed by atoms with Crippen molar-refractivity contribution in [2.75, 3.05) is 37.5 Å². The zero-order valence-electron chi connectivity index (χ0n) is 12.5. The van der Waals surface area contributed by atoms with Gasteiger partial charge in [-0.1, -0.05) is 31.9 Å². The highest BCUT2D eigenvalue weighted by molar-refractivity contribution is 9.12. The molecule has 0 aromatic heterocycles. The molecule has 2 fully saturated rings. The molecule has 2 aliphatic heterocycles. The normalized spacial score (nSPS) is 28.5. The number of hydrogen-bond acceptors (Lipinski definition) is 5. The van der Waals surface area contributed by atoms with E-state index in [2.05, 4.69) is 37.2 Å². The quantitative estimate of drug-likeness (QED) is 0.508. The van der Waals surface area contributed by atoms with Gasteiger partial charge in [0.2, 0.25) is 20.0 Å². The SMILES string of the molecule is CS(=O)(=O)N1CCN(S(C)(=O)=O)C2C1NC(=O)N2CC(Br)CBr. The maximum Gasteiger partial charge on any atom is 0.320 e. The lowest BCUT2D eigenvalue weighted by molar-refractivity contribution is 0.0690. The van der Waals surface area contributed by atoms with Gasteiger partial charge < -0.3 is 10.2 Å². The molecule has 0 aromatic carbocycles. The maximum atomic E-state index is 12.3. The molecule has 23 heavy (non-hydrogen) atoms. The average Bonchev–Trinajstić information content (AvgIpc) is 2.72. The molecule has 0 spiro atoms. The van der Waals surface area contributed by atoms with E-state index in [1.165, 1.54) is 9.21 Å². The van der Waals surface area contributed by atoms with Crippen LogP contribution in [0.15, 0.2) is 0 Å². The van der Waals surface area contributed by atoms with E-state index in [0.29, 0.717) is 5.33 Å². The molecule has 3 unspecified atom stereocenters. The molecule has 0 radical (unpaired) electrons. The van der Waals surface area contributed by atoms with Crippen molar-refractivity contribution in [2.45, 2.75) is 17.2 Å². The summed E-state index contributed by atoms with van der Waals surface area (Å²) < 4.78 is 50.3. The Morgan fingerprint density at radius 3 is 2.17 bits per heavy atom. The lowest BCUT2D eigenvalue weighted by Crippen LogP contribution is -2.65. The van der Waals surface area contributed by atoms with Crippen molar-refractivity contribution in [2.24, 2.45) is 0 Å². The Kier molecular flexibility index (Phi) is 5.69.